The third kappa shape index (κ3) is 5.96. The molecule has 1 fully saturated rings. The van der Waals surface area contributed by atoms with Crippen molar-refractivity contribution in [1.29, 1.82) is 0 Å². The zero-order chi connectivity index (χ0) is 25.0. The van der Waals surface area contributed by atoms with Crippen LogP contribution in [-0.2, 0) is 9.59 Å². The summed E-state index contributed by atoms with van der Waals surface area (Å²) < 4.78 is 41.3. The van der Waals surface area contributed by atoms with E-state index in [4.69, 9.17) is 11.6 Å². The molecule has 1 saturated carbocycles. The summed E-state index contributed by atoms with van der Waals surface area (Å²) in [5, 5.41) is 2.74. The fraction of sp³-hybridized carbons (Fsp3) is 0.348. The van der Waals surface area contributed by atoms with E-state index in [2.05, 4.69) is 20.3 Å². The molecule has 1 N–H and O–H groups in total. The standard InChI is InChI=1S/C23H21ClF3N5O2S/c24-20(25)22(34)32(17-3-1-14(2-4-17)18-11-30-13-35-18)19(15-9-28-12-29-10-15)21(33)31-16-5-7-23(26,27)8-6-16/h1-4,9-13,16,19-20H,5-8H2,(H,31,33)/t19-,20-/m0/s1. The summed E-state index contributed by atoms with van der Waals surface area (Å²) in [5.41, 5.74) is 0.494. The van der Waals surface area contributed by atoms with Crippen LogP contribution in [-0.4, -0.2) is 44.4 Å². The Kier molecular flexibility index (Phi) is 7.66. The molecule has 35 heavy (non-hydrogen) atoms. The fourth-order valence-electron chi connectivity index (χ4n) is 3.99. The number of anilines is 1. The second kappa shape index (κ2) is 10.7. The maximum Gasteiger partial charge on any atom is 0.278 e. The second-order valence-electron chi connectivity index (χ2n) is 8.13. The Morgan fingerprint density at radius 1 is 1.09 bits per heavy atom. The fourth-order valence-corrected chi connectivity index (χ4v) is 4.72. The van der Waals surface area contributed by atoms with Gasteiger partial charge in [0.15, 0.2) is 0 Å². The Labute approximate surface area is 208 Å². The Morgan fingerprint density at radius 3 is 2.31 bits per heavy atom. The monoisotopic (exact) mass is 523 g/mol. The van der Waals surface area contributed by atoms with E-state index in [0.717, 1.165) is 15.3 Å². The first kappa shape index (κ1) is 25.1. The molecule has 0 saturated heterocycles. The van der Waals surface area contributed by atoms with Crippen LogP contribution in [0.3, 0.4) is 0 Å². The Hall–Kier alpha value is -3.05. The number of halogens is 4. The van der Waals surface area contributed by atoms with E-state index in [1.807, 2.05) is 0 Å². The lowest BCUT2D eigenvalue weighted by Crippen LogP contribution is -2.49. The van der Waals surface area contributed by atoms with Gasteiger partial charge in [-0.1, -0.05) is 23.7 Å². The van der Waals surface area contributed by atoms with Gasteiger partial charge in [-0.2, -0.15) is 0 Å². The Morgan fingerprint density at radius 2 is 1.74 bits per heavy atom. The van der Waals surface area contributed by atoms with Gasteiger partial charge in [-0.25, -0.2) is 23.1 Å². The number of carbonyl (C=O) groups is 2. The zero-order valence-corrected chi connectivity index (χ0v) is 19.9. The minimum absolute atomic E-state index is 0.0789. The highest BCUT2D eigenvalue weighted by Gasteiger charge is 2.39. The lowest BCUT2D eigenvalue weighted by atomic mass is 9.92. The van der Waals surface area contributed by atoms with Crippen LogP contribution in [0.1, 0.15) is 37.3 Å². The molecule has 4 rings (SSSR count). The lowest BCUT2D eigenvalue weighted by Gasteiger charge is -2.34. The van der Waals surface area contributed by atoms with Gasteiger partial charge >= 0.3 is 0 Å². The number of hydrogen-bond donors (Lipinski definition) is 1. The van der Waals surface area contributed by atoms with Gasteiger partial charge in [-0.3, -0.25) is 19.5 Å². The van der Waals surface area contributed by atoms with Crippen molar-refractivity contribution in [2.75, 3.05) is 4.90 Å². The number of nitrogens with one attached hydrogen (secondary N) is 1. The van der Waals surface area contributed by atoms with Crippen LogP contribution < -0.4 is 10.2 Å². The Bertz CT molecular complexity index is 1140. The highest BCUT2D eigenvalue weighted by Crippen LogP contribution is 2.35. The van der Waals surface area contributed by atoms with Crippen molar-refractivity contribution >= 4 is 40.4 Å². The maximum absolute atomic E-state index is 14.1. The van der Waals surface area contributed by atoms with Gasteiger partial charge < -0.3 is 5.32 Å². The van der Waals surface area contributed by atoms with E-state index in [0.29, 0.717) is 0 Å². The van der Waals surface area contributed by atoms with Crippen LogP contribution in [0.25, 0.3) is 10.4 Å². The van der Waals surface area contributed by atoms with E-state index in [-0.39, 0.29) is 36.9 Å². The van der Waals surface area contributed by atoms with Crippen LogP contribution in [0.15, 0.2) is 54.7 Å². The second-order valence-corrected chi connectivity index (χ2v) is 9.40. The van der Waals surface area contributed by atoms with Gasteiger partial charge in [0.2, 0.25) is 11.8 Å². The molecule has 1 aliphatic carbocycles. The summed E-state index contributed by atoms with van der Waals surface area (Å²) in [4.78, 5) is 40.1. The number of nitrogens with zero attached hydrogens (tertiary/aromatic N) is 4. The number of benzene rings is 1. The van der Waals surface area contributed by atoms with Gasteiger partial charge in [-0.15, -0.1) is 11.3 Å². The van der Waals surface area contributed by atoms with E-state index in [1.54, 1.807) is 36.0 Å². The first-order valence-corrected chi connectivity index (χ1v) is 12.1. The van der Waals surface area contributed by atoms with Crippen molar-refractivity contribution in [2.45, 2.75) is 49.3 Å². The molecular formula is C23H21ClF3N5O2S. The number of carbonyl (C=O) groups excluding carboxylic acids is 2. The van der Waals surface area contributed by atoms with E-state index in [9.17, 15) is 22.8 Å². The highest BCUT2D eigenvalue weighted by molar-refractivity contribution is 7.13. The molecule has 1 aromatic carbocycles. The van der Waals surface area contributed by atoms with Gasteiger partial charge in [0, 0.05) is 48.7 Å². The summed E-state index contributed by atoms with van der Waals surface area (Å²) in [6, 6.07) is 4.66. The van der Waals surface area contributed by atoms with Gasteiger partial charge in [0.05, 0.1) is 10.4 Å². The number of alkyl halides is 4. The lowest BCUT2D eigenvalue weighted by molar-refractivity contribution is -0.128. The van der Waals surface area contributed by atoms with Crippen molar-refractivity contribution in [1.82, 2.24) is 20.3 Å². The smallest absolute Gasteiger partial charge is 0.278 e. The van der Waals surface area contributed by atoms with E-state index < -0.39 is 35.5 Å². The van der Waals surface area contributed by atoms with Crippen LogP contribution in [0.5, 0.6) is 0 Å². The van der Waals surface area contributed by atoms with Crippen LogP contribution >= 0.6 is 22.9 Å². The summed E-state index contributed by atoms with van der Waals surface area (Å²) in [6.45, 7) is 0. The average molecular weight is 524 g/mol. The average Bonchev–Trinajstić information content (AvgIpc) is 3.39. The SMILES string of the molecule is O=C(NC1CCC(F)(F)CC1)[C@H](c1cncnc1)N(C(=O)[C@H](F)Cl)c1ccc(-c2cncs2)cc1. The Balaban J connectivity index is 1.68. The van der Waals surface area contributed by atoms with Crippen LogP contribution in [0.2, 0.25) is 0 Å². The molecule has 2 amide bonds. The summed E-state index contributed by atoms with van der Waals surface area (Å²) in [6.07, 6.45) is 5.05. The molecule has 0 spiro atoms. The van der Waals surface area contributed by atoms with Crippen molar-refractivity contribution < 1.29 is 22.8 Å². The van der Waals surface area contributed by atoms with Crippen molar-refractivity contribution in [3.8, 4) is 10.4 Å². The molecule has 1 aliphatic rings. The summed E-state index contributed by atoms with van der Waals surface area (Å²) in [5.74, 6) is -4.60. The number of rotatable bonds is 7. The predicted molar refractivity (Wildman–Crippen MR) is 126 cm³/mol. The summed E-state index contributed by atoms with van der Waals surface area (Å²) >= 11 is 6.96. The molecule has 2 aromatic heterocycles. The molecule has 184 valence electrons. The zero-order valence-electron chi connectivity index (χ0n) is 18.3. The van der Waals surface area contributed by atoms with E-state index in [1.165, 1.54) is 30.1 Å². The quantitative estimate of drug-likeness (QED) is 0.445. The number of thiazole rings is 1. The first-order valence-electron chi connectivity index (χ1n) is 10.8. The van der Waals surface area contributed by atoms with Crippen LogP contribution in [0.4, 0.5) is 18.9 Å². The number of hydrogen-bond acceptors (Lipinski definition) is 6. The molecule has 0 unspecified atom stereocenters. The maximum atomic E-state index is 14.1. The molecule has 3 aromatic rings. The first-order chi connectivity index (χ1) is 16.7. The van der Waals surface area contributed by atoms with E-state index >= 15 is 0 Å². The van der Waals surface area contributed by atoms with Crippen molar-refractivity contribution in [3.63, 3.8) is 0 Å². The highest BCUT2D eigenvalue weighted by atomic mass is 35.5. The third-order valence-electron chi connectivity index (χ3n) is 5.75. The van der Waals surface area contributed by atoms with Crippen molar-refractivity contribution in [2.24, 2.45) is 0 Å². The molecule has 2 atom stereocenters. The van der Waals surface area contributed by atoms with Gasteiger partial charge in [-0.05, 0) is 30.5 Å². The molecule has 7 nitrogen and oxygen atoms in total. The van der Waals surface area contributed by atoms with Gasteiger partial charge in [0.25, 0.3) is 11.5 Å². The minimum atomic E-state index is -2.77. The molecule has 12 heteroatoms. The molecule has 0 aliphatic heterocycles. The van der Waals surface area contributed by atoms with Crippen LogP contribution in [0, 0.1) is 0 Å². The third-order valence-corrected chi connectivity index (χ3v) is 6.76. The topological polar surface area (TPSA) is 88.1 Å². The number of aromatic nitrogens is 3. The largest absolute Gasteiger partial charge is 0.351 e. The number of amides is 2. The molecule has 0 radical (unpaired) electrons. The molecule has 2 heterocycles. The summed E-state index contributed by atoms with van der Waals surface area (Å²) in [7, 11) is 0. The molecule has 0 bridgehead atoms. The normalized spacial score (nSPS) is 17.4. The molecular weight excluding hydrogens is 503 g/mol. The minimum Gasteiger partial charge on any atom is -0.351 e. The van der Waals surface area contributed by atoms with Gasteiger partial charge in [0.1, 0.15) is 12.4 Å². The predicted octanol–water partition coefficient (Wildman–Crippen LogP) is 4.90. The van der Waals surface area contributed by atoms with Crippen molar-refractivity contribution in [3.05, 3.63) is 60.3 Å².